The first-order valence-corrected chi connectivity index (χ1v) is 14.1. The van der Waals surface area contributed by atoms with Gasteiger partial charge in [0.25, 0.3) is 11.8 Å². The number of benzene rings is 2. The summed E-state index contributed by atoms with van der Waals surface area (Å²) < 4.78 is 0.834. The van der Waals surface area contributed by atoms with Crippen LogP contribution in [0, 0.1) is 6.92 Å². The number of fused-ring (bicyclic) bond motifs is 1. The Morgan fingerprint density at radius 3 is 2.64 bits per heavy atom. The zero-order valence-electron chi connectivity index (χ0n) is 22.2. The van der Waals surface area contributed by atoms with Crippen LogP contribution in [-0.4, -0.2) is 69.4 Å². The Kier molecular flexibility index (Phi) is 8.27. The maximum absolute atomic E-state index is 13.0. The van der Waals surface area contributed by atoms with E-state index in [1.807, 2.05) is 25.1 Å². The first-order valence-electron chi connectivity index (χ1n) is 13.3. The predicted molar refractivity (Wildman–Crippen MR) is 158 cm³/mol. The molecule has 1 fully saturated rings. The summed E-state index contributed by atoms with van der Waals surface area (Å²) >= 11 is 3.41. The average Bonchev–Trinajstić information content (AvgIpc) is 3.58. The Morgan fingerprint density at radius 2 is 1.85 bits per heavy atom. The van der Waals surface area contributed by atoms with Crippen LogP contribution in [0.4, 0.5) is 17.3 Å². The molecule has 1 aliphatic rings. The molecular weight excluding hydrogens is 560 g/mol. The van der Waals surface area contributed by atoms with Gasteiger partial charge in [-0.05, 0) is 55.8 Å². The van der Waals surface area contributed by atoms with Crippen molar-refractivity contribution in [3.63, 3.8) is 0 Å². The van der Waals surface area contributed by atoms with Gasteiger partial charge < -0.3 is 20.2 Å². The summed E-state index contributed by atoms with van der Waals surface area (Å²) in [6.45, 7) is 9.40. The van der Waals surface area contributed by atoms with E-state index < -0.39 is 11.8 Å². The van der Waals surface area contributed by atoms with Crippen molar-refractivity contribution in [1.29, 1.82) is 0 Å². The number of H-pyrrole nitrogens is 2. The average molecular weight is 594 g/mol. The van der Waals surface area contributed by atoms with Crippen molar-refractivity contribution in [2.45, 2.75) is 33.1 Å². The molecule has 4 aromatic rings. The Bertz CT molecular complexity index is 1470. The van der Waals surface area contributed by atoms with Crippen LogP contribution in [0.2, 0.25) is 0 Å². The number of carbonyl (C=O) groups excluding carboxylic acids is 2. The number of carbonyl (C=O) groups is 2. The third-order valence-corrected chi connectivity index (χ3v) is 7.54. The molecule has 2 amide bonds. The van der Waals surface area contributed by atoms with E-state index in [0.29, 0.717) is 11.6 Å². The maximum Gasteiger partial charge on any atom is 0.276 e. The fourth-order valence-corrected chi connectivity index (χ4v) is 5.15. The van der Waals surface area contributed by atoms with Crippen molar-refractivity contribution in [3.8, 4) is 0 Å². The molecule has 3 heterocycles. The number of anilines is 3. The highest BCUT2D eigenvalue weighted by Gasteiger charge is 2.22. The van der Waals surface area contributed by atoms with Gasteiger partial charge in [0, 0.05) is 42.0 Å². The molecule has 0 radical (unpaired) electrons. The molecule has 1 saturated heterocycles. The quantitative estimate of drug-likeness (QED) is 0.199. The second-order valence-corrected chi connectivity index (χ2v) is 10.7. The molecule has 1 aliphatic heterocycles. The van der Waals surface area contributed by atoms with E-state index in [9.17, 15) is 9.59 Å². The van der Waals surface area contributed by atoms with Crippen molar-refractivity contribution in [3.05, 3.63) is 64.1 Å². The number of hydrogen-bond donors (Lipinski definition) is 4. The number of imidazole rings is 2. The van der Waals surface area contributed by atoms with E-state index in [1.165, 1.54) is 32.1 Å². The van der Waals surface area contributed by atoms with Crippen molar-refractivity contribution >= 4 is 56.1 Å². The first kappa shape index (κ1) is 26.9. The van der Waals surface area contributed by atoms with E-state index in [2.05, 4.69) is 75.4 Å². The Balaban J connectivity index is 1.23. The largest absolute Gasteiger partial charge is 0.369 e. The van der Waals surface area contributed by atoms with Gasteiger partial charge in [-0.15, -0.1) is 0 Å². The minimum absolute atomic E-state index is 0.000825. The highest BCUT2D eigenvalue weighted by atomic mass is 79.9. The van der Waals surface area contributed by atoms with Crippen LogP contribution in [0.5, 0.6) is 0 Å². The molecule has 0 saturated carbocycles. The van der Waals surface area contributed by atoms with Crippen LogP contribution in [-0.2, 0) is 0 Å². The van der Waals surface area contributed by atoms with Gasteiger partial charge in [-0.1, -0.05) is 41.8 Å². The minimum Gasteiger partial charge on any atom is -0.369 e. The van der Waals surface area contributed by atoms with E-state index in [-0.39, 0.29) is 11.4 Å². The second kappa shape index (κ2) is 12.0. The SMILES string of the molecule is CCCCCN1CCN(c2ccc3nc(NC(=O)c4[nH]cnc4C(=O)Nc4cc(Br)ccc4C)[nH]c3c2)CC1. The van der Waals surface area contributed by atoms with E-state index >= 15 is 0 Å². The molecule has 2 aromatic carbocycles. The lowest BCUT2D eigenvalue weighted by Gasteiger charge is -2.36. The van der Waals surface area contributed by atoms with Gasteiger partial charge in [0.05, 0.1) is 17.4 Å². The van der Waals surface area contributed by atoms with E-state index in [4.69, 9.17) is 0 Å². The summed E-state index contributed by atoms with van der Waals surface area (Å²) in [5, 5.41) is 5.58. The van der Waals surface area contributed by atoms with Crippen LogP contribution in [0.25, 0.3) is 11.0 Å². The van der Waals surface area contributed by atoms with Crippen LogP contribution >= 0.6 is 15.9 Å². The van der Waals surface area contributed by atoms with Crippen molar-refractivity contribution in [2.75, 3.05) is 48.3 Å². The normalized spacial score (nSPS) is 14.1. The molecule has 11 heteroatoms. The predicted octanol–water partition coefficient (Wildman–Crippen LogP) is 5.17. The standard InChI is InChI=1S/C28H33BrN8O2/c1-3-4-5-10-36-11-13-37(14-12-36)20-8-9-21-23(16-20)34-28(33-21)35-27(39)25-24(30-17-31-25)26(38)32-22-15-19(29)7-6-18(22)2/h6-9,15-17H,3-5,10-14H2,1-2H3,(H,30,31)(H,32,38)(H2,33,34,35,39). The third-order valence-electron chi connectivity index (χ3n) is 7.04. The Morgan fingerprint density at radius 1 is 1.03 bits per heavy atom. The maximum atomic E-state index is 13.0. The number of nitrogens with one attached hydrogen (secondary N) is 4. The van der Waals surface area contributed by atoms with Crippen LogP contribution < -0.4 is 15.5 Å². The number of piperazine rings is 1. The molecule has 2 aromatic heterocycles. The lowest BCUT2D eigenvalue weighted by Crippen LogP contribution is -2.46. The molecule has 5 rings (SSSR count). The molecule has 39 heavy (non-hydrogen) atoms. The van der Waals surface area contributed by atoms with Gasteiger partial charge in [-0.25, -0.2) is 9.97 Å². The zero-order chi connectivity index (χ0) is 27.4. The number of halogens is 1. The monoisotopic (exact) mass is 592 g/mol. The van der Waals surface area contributed by atoms with E-state index in [0.717, 1.165) is 52.9 Å². The van der Waals surface area contributed by atoms with Gasteiger partial charge in [0.1, 0.15) is 5.69 Å². The molecule has 10 nitrogen and oxygen atoms in total. The fraction of sp³-hybridized carbons (Fsp3) is 0.357. The first-order chi connectivity index (χ1) is 18.9. The van der Waals surface area contributed by atoms with Gasteiger partial charge in [-0.3, -0.25) is 19.8 Å². The molecule has 0 aliphatic carbocycles. The third kappa shape index (κ3) is 6.31. The molecule has 4 N–H and O–H groups in total. The van der Waals surface area contributed by atoms with Crippen LogP contribution in [0.15, 0.2) is 47.2 Å². The molecule has 0 unspecified atom stereocenters. The van der Waals surface area contributed by atoms with Gasteiger partial charge in [0.15, 0.2) is 5.69 Å². The number of aryl methyl sites for hydroxylation is 1. The van der Waals surface area contributed by atoms with Crippen molar-refractivity contribution in [2.24, 2.45) is 0 Å². The summed E-state index contributed by atoms with van der Waals surface area (Å²) in [7, 11) is 0. The highest BCUT2D eigenvalue weighted by Crippen LogP contribution is 2.24. The Labute approximate surface area is 235 Å². The van der Waals surface area contributed by atoms with Crippen molar-refractivity contribution < 1.29 is 9.59 Å². The number of aromatic amines is 2. The molecular formula is C28H33BrN8O2. The highest BCUT2D eigenvalue weighted by molar-refractivity contribution is 9.10. The number of nitrogens with zero attached hydrogens (tertiary/aromatic N) is 4. The zero-order valence-corrected chi connectivity index (χ0v) is 23.8. The smallest absolute Gasteiger partial charge is 0.276 e. The number of rotatable bonds is 9. The van der Waals surface area contributed by atoms with Crippen LogP contribution in [0.3, 0.4) is 0 Å². The van der Waals surface area contributed by atoms with Crippen LogP contribution in [0.1, 0.15) is 52.7 Å². The second-order valence-electron chi connectivity index (χ2n) is 9.82. The topological polar surface area (TPSA) is 122 Å². The minimum atomic E-state index is -0.512. The molecule has 0 spiro atoms. The fourth-order valence-electron chi connectivity index (χ4n) is 4.79. The molecule has 0 atom stereocenters. The number of aromatic nitrogens is 4. The summed E-state index contributed by atoms with van der Waals surface area (Å²) in [6.07, 6.45) is 5.12. The number of amides is 2. The Hall–Kier alpha value is -3.70. The summed E-state index contributed by atoms with van der Waals surface area (Å²) in [6, 6.07) is 11.7. The lowest BCUT2D eigenvalue weighted by molar-refractivity contribution is 0.0985. The number of hydrogen-bond acceptors (Lipinski definition) is 6. The van der Waals surface area contributed by atoms with Gasteiger partial charge in [-0.2, -0.15) is 0 Å². The lowest BCUT2D eigenvalue weighted by atomic mass is 10.2. The van der Waals surface area contributed by atoms with E-state index in [1.54, 1.807) is 6.07 Å². The summed E-state index contributed by atoms with van der Waals surface area (Å²) in [4.78, 5) is 45.4. The summed E-state index contributed by atoms with van der Waals surface area (Å²) in [5.74, 6) is -0.693. The molecule has 0 bridgehead atoms. The van der Waals surface area contributed by atoms with Gasteiger partial charge >= 0.3 is 0 Å². The molecule has 204 valence electrons. The van der Waals surface area contributed by atoms with Gasteiger partial charge in [0.2, 0.25) is 5.95 Å². The number of unbranched alkanes of at least 4 members (excludes halogenated alkanes) is 2. The van der Waals surface area contributed by atoms with Crippen molar-refractivity contribution in [1.82, 2.24) is 24.8 Å². The summed E-state index contributed by atoms with van der Waals surface area (Å²) in [5.41, 5.74) is 4.30.